The maximum absolute atomic E-state index is 14.4. The summed E-state index contributed by atoms with van der Waals surface area (Å²) in [7, 11) is 0. The Kier molecular flexibility index (Phi) is 8.11. The van der Waals surface area contributed by atoms with E-state index >= 15 is 0 Å². The average molecular weight is 570 g/mol. The quantitative estimate of drug-likeness (QED) is 0.199. The van der Waals surface area contributed by atoms with Gasteiger partial charge in [-0.25, -0.2) is 9.37 Å². The number of hydrogen-bond donors (Lipinski definition) is 3. The van der Waals surface area contributed by atoms with Crippen LogP contribution in [0.4, 0.5) is 15.8 Å². The highest BCUT2D eigenvalue weighted by Gasteiger charge is 2.18. The van der Waals surface area contributed by atoms with E-state index in [2.05, 4.69) is 50.4 Å². The molecule has 1 heterocycles. The van der Waals surface area contributed by atoms with Gasteiger partial charge in [-0.3, -0.25) is 4.79 Å². The molecule has 0 aliphatic heterocycles. The van der Waals surface area contributed by atoms with Crippen molar-refractivity contribution in [1.82, 2.24) is 9.97 Å². The number of hydrogen-bond acceptors (Lipinski definition) is 3. The van der Waals surface area contributed by atoms with Crippen LogP contribution in [0.2, 0.25) is 5.02 Å². The Bertz CT molecular complexity index is 1360. The number of H-pyrrole nitrogens is 1. The van der Waals surface area contributed by atoms with Gasteiger partial charge in [-0.1, -0.05) is 49.7 Å². The summed E-state index contributed by atoms with van der Waals surface area (Å²) in [6.07, 6.45) is 1.99. The van der Waals surface area contributed by atoms with Crippen molar-refractivity contribution in [3.8, 4) is 22.6 Å². The topological polar surface area (TPSA) is 69.8 Å². The number of aromatic nitrogens is 2. The molecule has 0 radical (unpaired) electrons. The van der Waals surface area contributed by atoms with Crippen molar-refractivity contribution in [3.63, 3.8) is 0 Å². The molecule has 8 heteroatoms. The highest BCUT2D eigenvalue weighted by molar-refractivity contribution is 9.10. The van der Waals surface area contributed by atoms with Crippen molar-refractivity contribution in [2.24, 2.45) is 0 Å². The van der Waals surface area contributed by atoms with Crippen LogP contribution in [-0.2, 0) is 0 Å². The van der Waals surface area contributed by atoms with Crippen molar-refractivity contribution < 1.29 is 9.18 Å². The van der Waals surface area contributed by atoms with Gasteiger partial charge in [-0.2, -0.15) is 0 Å². The third-order valence-electron chi connectivity index (χ3n) is 6.05. The van der Waals surface area contributed by atoms with Gasteiger partial charge in [-0.15, -0.1) is 0 Å². The number of benzene rings is 3. The minimum Gasteiger partial charge on any atom is -0.381 e. The first-order chi connectivity index (χ1) is 17.3. The Hall–Kier alpha value is -3.16. The molecule has 0 bridgehead atoms. The van der Waals surface area contributed by atoms with Crippen LogP contribution < -0.4 is 10.6 Å². The number of carbonyl (C=O) groups excluding carboxylic acids is 1. The monoisotopic (exact) mass is 568 g/mol. The highest BCUT2D eigenvalue weighted by Crippen LogP contribution is 2.34. The van der Waals surface area contributed by atoms with Crippen LogP contribution in [0.5, 0.6) is 0 Å². The summed E-state index contributed by atoms with van der Waals surface area (Å²) >= 11 is 9.66. The summed E-state index contributed by atoms with van der Waals surface area (Å²) in [4.78, 5) is 20.6. The van der Waals surface area contributed by atoms with E-state index in [-0.39, 0.29) is 16.5 Å². The lowest BCUT2D eigenvalue weighted by molar-refractivity contribution is 0.102. The average Bonchev–Trinajstić information content (AvgIpc) is 3.24. The van der Waals surface area contributed by atoms with E-state index in [1.54, 1.807) is 36.4 Å². The van der Waals surface area contributed by atoms with Crippen LogP contribution in [0.3, 0.4) is 0 Å². The molecule has 0 atom stereocenters. The third kappa shape index (κ3) is 5.63. The van der Waals surface area contributed by atoms with Gasteiger partial charge in [0.25, 0.3) is 5.91 Å². The smallest absolute Gasteiger partial charge is 0.255 e. The Balaban J connectivity index is 1.55. The molecular weight excluding hydrogens is 543 g/mol. The maximum Gasteiger partial charge on any atom is 0.255 e. The second-order valence-electron chi connectivity index (χ2n) is 8.58. The molecule has 186 valence electrons. The Labute approximate surface area is 223 Å². The van der Waals surface area contributed by atoms with E-state index in [4.69, 9.17) is 11.6 Å². The number of anilines is 2. The van der Waals surface area contributed by atoms with Crippen molar-refractivity contribution in [2.45, 2.75) is 39.7 Å². The number of aryl methyl sites for hydroxylation is 1. The fourth-order valence-electron chi connectivity index (χ4n) is 3.96. The van der Waals surface area contributed by atoms with Crippen LogP contribution >= 0.6 is 27.5 Å². The predicted octanol–water partition coefficient (Wildman–Crippen LogP) is 8.46. The largest absolute Gasteiger partial charge is 0.381 e. The molecule has 0 aliphatic carbocycles. The van der Waals surface area contributed by atoms with E-state index in [1.165, 1.54) is 6.07 Å². The van der Waals surface area contributed by atoms with Gasteiger partial charge in [-0.05, 0) is 77.7 Å². The molecule has 0 fully saturated rings. The number of halogens is 3. The minimum absolute atomic E-state index is 0.206. The summed E-state index contributed by atoms with van der Waals surface area (Å²) in [5.41, 5.74) is 4.84. The molecule has 0 saturated heterocycles. The molecule has 4 rings (SSSR count). The van der Waals surface area contributed by atoms with E-state index in [0.29, 0.717) is 27.7 Å². The zero-order valence-electron chi connectivity index (χ0n) is 20.3. The minimum atomic E-state index is -0.462. The number of aromatic amines is 1. The Morgan fingerprint density at radius 2 is 1.81 bits per heavy atom. The number of rotatable bonds is 8. The van der Waals surface area contributed by atoms with Gasteiger partial charge in [0.2, 0.25) is 0 Å². The molecule has 5 nitrogen and oxygen atoms in total. The SMILES string of the molecule is CCC(CC)Nc1cc(C)ccc1NC(=O)c1ccc(-c2nc(-c3c(F)cccc3Cl)[nH]c2Br)cc1. The van der Waals surface area contributed by atoms with Gasteiger partial charge in [0.1, 0.15) is 21.9 Å². The second-order valence-corrected chi connectivity index (χ2v) is 9.78. The first kappa shape index (κ1) is 25.9. The summed E-state index contributed by atoms with van der Waals surface area (Å²) in [6, 6.07) is 17.9. The van der Waals surface area contributed by atoms with Crippen LogP contribution in [0.15, 0.2) is 65.3 Å². The standard InChI is InChI=1S/C28H27BrClFN4O/c1-4-19(5-2)32-23-15-16(3)9-14-22(23)33-28(36)18-12-10-17(11-13-18)25-26(29)35-27(34-25)24-20(30)7-6-8-21(24)31/h6-15,19,32H,4-5H2,1-3H3,(H,33,36)(H,34,35). The second kappa shape index (κ2) is 11.3. The van der Waals surface area contributed by atoms with Gasteiger partial charge >= 0.3 is 0 Å². The summed E-state index contributed by atoms with van der Waals surface area (Å²) < 4.78 is 14.9. The lowest BCUT2D eigenvalue weighted by Gasteiger charge is -2.20. The zero-order chi connectivity index (χ0) is 25.8. The fourth-order valence-corrected chi connectivity index (χ4v) is 4.72. The zero-order valence-corrected chi connectivity index (χ0v) is 22.6. The number of imidazole rings is 1. The van der Waals surface area contributed by atoms with Crippen LogP contribution in [-0.4, -0.2) is 21.9 Å². The number of nitrogens with one attached hydrogen (secondary N) is 3. The molecular formula is C28H27BrClFN4O. The molecule has 3 aromatic carbocycles. The van der Waals surface area contributed by atoms with E-state index in [1.807, 2.05) is 25.1 Å². The first-order valence-electron chi connectivity index (χ1n) is 11.8. The molecule has 0 unspecified atom stereocenters. The van der Waals surface area contributed by atoms with Crippen LogP contribution in [0.1, 0.15) is 42.6 Å². The van der Waals surface area contributed by atoms with Crippen molar-refractivity contribution in [3.05, 3.63) is 87.2 Å². The molecule has 1 amide bonds. The molecule has 0 saturated carbocycles. The van der Waals surface area contributed by atoms with Crippen molar-refractivity contribution in [2.75, 3.05) is 10.6 Å². The normalized spacial score (nSPS) is 11.1. The van der Waals surface area contributed by atoms with Gasteiger partial charge in [0.05, 0.1) is 22.0 Å². The Morgan fingerprint density at radius 1 is 1.08 bits per heavy atom. The molecule has 0 spiro atoms. The van der Waals surface area contributed by atoms with Crippen LogP contribution in [0.25, 0.3) is 22.6 Å². The number of nitrogens with zero attached hydrogens (tertiary/aromatic N) is 1. The van der Waals surface area contributed by atoms with E-state index in [9.17, 15) is 9.18 Å². The molecule has 0 aliphatic rings. The molecule has 1 aromatic heterocycles. The summed E-state index contributed by atoms with van der Waals surface area (Å²) in [5.74, 6) is -0.354. The highest BCUT2D eigenvalue weighted by atomic mass is 79.9. The predicted molar refractivity (Wildman–Crippen MR) is 149 cm³/mol. The van der Waals surface area contributed by atoms with Crippen molar-refractivity contribution in [1.29, 1.82) is 0 Å². The van der Waals surface area contributed by atoms with Crippen molar-refractivity contribution >= 4 is 44.8 Å². The van der Waals surface area contributed by atoms with Gasteiger partial charge < -0.3 is 15.6 Å². The molecule has 36 heavy (non-hydrogen) atoms. The van der Waals surface area contributed by atoms with Gasteiger partial charge in [0, 0.05) is 17.2 Å². The summed E-state index contributed by atoms with van der Waals surface area (Å²) in [5, 5.41) is 6.83. The van der Waals surface area contributed by atoms with E-state index < -0.39 is 5.82 Å². The molecule has 3 N–H and O–H groups in total. The first-order valence-corrected chi connectivity index (χ1v) is 13.0. The fraction of sp³-hybridized carbons (Fsp3) is 0.214. The number of amides is 1. The third-order valence-corrected chi connectivity index (χ3v) is 6.94. The number of carbonyl (C=O) groups is 1. The lowest BCUT2D eigenvalue weighted by atomic mass is 10.1. The lowest BCUT2D eigenvalue weighted by Crippen LogP contribution is -2.19. The Morgan fingerprint density at radius 3 is 2.47 bits per heavy atom. The van der Waals surface area contributed by atoms with Crippen LogP contribution in [0, 0.1) is 12.7 Å². The van der Waals surface area contributed by atoms with E-state index in [0.717, 1.165) is 35.3 Å². The summed E-state index contributed by atoms with van der Waals surface area (Å²) in [6.45, 7) is 6.31. The molecule has 4 aromatic rings. The maximum atomic E-state index is 14.4. The van der Waals surface area contributed by atoms with Gasteiger partial charge in [0.15, 0.2) is 0 Å².